The van der Waals surface area contributed by atoms with Gasteiger partial charge >= 0.3 is 0 Å². The highest BCUT2D eigenvalue weighted by molar-refractivity contribution is 5.85. The number of benzene rings is 2. The Morgan fingerprint density at radius 2 is 1.72 bits per heavy atom. The molecule has 2 amide bonds. The van der Waals surface area contributed by atoms with Crippen LogP contribution in [0.5, 0.6) is 0 Å². The molecule has 132 valence electrons. The molecule has 1 saturated heterocycles. The zero-order chi connectivity index (χ0) is 17.6. The van der Waals surface area contributed by atoms with Crippen LogP contribution in [0, 0.1) is 0 Å². The van der Waals surface area contributed by atoms with E-state index < -0.39 is 0 Å². The predicted molar refractivity (Wildman–Crippen MR) is 99.1 cm³/mol. The van der Waals surface area contributed by atoms with Gasteiger partial charge in [-0.25, -0.2) is 0 Å². The lowest BCUT2D eigenvalue weighted by atomic mass is 10.0. The molecule has 2 aromatic rings. The minimum atomic E-state index is -0.0901. The summed E-state index contributed by atoms with van der Waals surface area (Å²) in [5, 5.41) is 5.25. The van der Waals surface area contributed by atoms with Crippen LogP contribution in [0.4, 0.5) is 0 Å². The summed E-state index contributed by atoms with van der Waals surface area (Å²) >= 11 is 0. The highest BCUT2D eigenvalue weighted by Crippen LogP contribution is 2.20. The maximum absolute atomic E-state index is 12.2. The Labute approximate surface area is 148 Å². The summed E-state index contributed by atoms with van der Waals surface area (Å²) in [5.74, 6) is 0.0336. The number of hydrogen-bond donors (Lipinski definition) is 1. The average Bonchev–Trinajstić information content (AvgIpc) is 2.62. The molecular weight excluding hydrogens is 314 g/mol. The molecule has 5 nitrogen and oxygen atoms in total. The Hall–Kier alpha value is -2.40. The van der Waals surface area contributed by atoms with Crippen LogP contribution in [0.15, 0.2) is 42.5 Å². The Kier molecular flexibility index (Phi) is 5.66. The van der Waals surface area contributed by atoms with Crippen molar-refractivity contribution >= 4 is 22.6 Å². The van der Waals surface area contributed by atoms with Crippen molar-refractivity contribution in [2.75, 3.05) is 32.7 Å². The van der Waals surface area contributed by atoms with Gasteiger partial charge < -0.3 is 10.2 Å². The number of nitrogens with one attached hydrogen (secondary N) is 1. The van der Waals surface area contributed by atoms with Gasteiger partial charge in [0.1, 0.15) is 0 Å². The molecule has 3 rings (SSSR count). The van der Waals surface area contributed by atoms with Crippen molar-refractivity contribution in [2.24, 2.45) is 0 Å². The summed E-state index contributed by atoms with van der Waals surface area (Å²) in [5.41, 5.74) is 1.34. The number of rotatable bonds is 5. The summed E-state index contributed by atoms with van der Waals surface area (Å²) in [7, 11) is 0. The zero-order valence-electron chi connectivity index (χ0n) is 14.7. The molecular formula is C20H25N3O2. The maximum Gasteiger partial charge on any atom is 0.224 e. The lowest BCUT2D eigenvalue weighted by Gasteiger charge is -2.35. The van der Waals surface area contributed by atoms with Crippen LogP contribution < -0.4 is 5.32 Å². The van der Waals surface area contributed by atoms with Crippen molar-refractivity contribution in [3.63, 3.8) is 0 Å². The molecule has 0 aromatic heterocycles. The number of fused-ring (bicyclic) bond motifs is 1. The molecule has 0 atom stereocenters. The van der Waals surface area contributed by atoms with Crippen LogP contribution >= 0.6 is 0 Å². The van der Waals surface area contributed by atoms with Crippen LogP contribution in [0.3, 0.4) is 0 Å². The molecule has 1 aliphatic heterocycles. The van der Waals surface area contributed by atoms with Crippen molar-refractivity contribution in [2.45, 2.75) is 19.9 Å². The lowest BCUT2D eigenvalue weighted by Crippen LogP contribution is -2.48. The third-order valence-electron chi connectivity index (χ3n) is 4.71. The van der Waals surface area contributed by atoms with Gasteiger partial charge in [-0.1, -0.05) is 42.5 Å². The number of piperazine rings is 1. The molecule has 0 bridgehead atoms. The van der Waals surface area contributed by atoms with E-state index in [9.17, 15) is 9.59 Å². The summed E-state index contributed by atoms with van der Waals surface area (Å²) in [4.78, 5) is 27.4. The second-order valence-electron chi connectivity index (χ2n) is 6.53. The summed E-state index contributed by atoms with van der Waals surface area (Å²) in [6.45, 7) is 6.08. The molecule has 0 unspecified atom stereocenters. The standard InChI is InChI=1S/C20H25N3O2/c1-16(24)21-10-9-20(25)23-13-11-22(12-14-23)15-18-7-4-6-17-5-2-3-8-19(17)18/h2-8H,9-15H2,1H3,(H,21,24). The zero-order valence-corrected chi connectivity index (χ0v) is 14.7. The Bertz CT molecular complexity index is 746. The molecule has 0 radical (unpaired) electrons. The van der Waals surface area contributed by atoms with Crippen molar-refractivity contribution in [1.29, 1.82) is 0 Å². The molecule has 1 aliphatic rings. The quantitative estimate of drug-likeness (QED) is 0.907. The van der Waals surface area contributed by atoms with E-state index in [1.807, 2.05) is 4.90 Å². The third-order valence-corrected chi connectivity index (χ3v) is 4.71. The lowest BCUT2D eigenvalue weighted by molar-refractivity contribution is -0.133. The first-order chi connectivity index (χ1) is 12.1. The van der Waals surface area contributed by atoms with Gasteiger partial charge in [0.15, 0.2) is 0 Å². The van der Waals surface area contributed by atoms with E-state index in [-0.39, 0.29) is 11.8 Å². The topological polar surface area (TPSA) is 52.7 Å². The Morgan fingerprint density at radius 1 is 1.00 bits per heavy atom. The fraction of sp³-hybridized carbons (Fsp3) is 0.400. The molecule has 25 heavy (non-hydrogen) atoms. The largest absolute Gasteiger partial charge is 0.356 e. The molecule has 0 spiro atoms. The highest BCUT2D eigenvalue weighted by Gasteiger charge is 2.21. The van der Waals surface area contributed by atoms with Crippen LogP contribution in [-0.4, -0.2) is 54.3 Å². The molecule has 1 fully saturated rings. The SMILES string of the molecule is CC(=O)NCCC(=O)N1CCN(Cc2cccc3ccccc23)CC1. The first-order valence-corrected chi connectivity index (χ1v) is 8.85. The maximum atomic E-state index is 12.2. The molecule has 2 aromatic carbocycles. The normalized spacial score (nSPS) is 15.3. The Balaban J connectivity index is 1.52. The van der Waals surface area contributed by atoms with Crippen LogP contribution in [0.2, 0.25) is 0 Å². The van der Waals surface area contributed by atoms with E-state index in [0.29, 0.717) is 13.0 Å². The van der Waals surface area contributed by atoms with Crippen LogP contribution in [0.1, 0.15) is 18.9 Å². The smallest absolute Gasteiger partial charge is 0.224 e. The van der Waals surface area contributed by atoms with Gasteiger partial charge in [-0.3, -0.25) is 14.5 Å². The molecule has 5 heteroatoms. The fourth-order valence-electron chi connectivity index (χ4n) is 3.33. The minimum absolute atomic E-state index is 0.0901. The van der Waals surface area contributed by atoms with Crippen molar-refractivity contribution < 1.29 is 9.59 Å². The van der Waals surface area contributed by atoms with E-state index in [2.05, 4.69) is 52.7 Å². The predicted octanol–water partition coefficient (Wildman–Crippen LogP) is 2.01. The summed E-state index contributed by atoms with van der Waals surface area (Å²) < 4.78 is 0. The highest BCUT2D eigenvalue weighted by atomic mass is 16.2. The monoisotopic (exact) mass is 339 g/mol. The molecule has 0 aliphatic carbocycles. The van der Waals surface area contributed by atoms with Gasteiger partial charge in [0.25, 0.3) is 0 Å². The van der Waals surface area contributed by atoms with Gasteiger partial charge in [0.05, 0.1) is 0 Å². The minimum Gasteiger partial charge on any atom is -0.356 e. The van der Waals surface area contributed by atoms with E-state index in [0.717, 1.165) is 32.7 Å². The van der Waals surface area contributed by atoms with Crippen LogP contribution in [0.25, 0.3) is 10.8 Å². The first-order valence-electron chi connectivity index (χ1n) is 8.85. The fourth-order valence-corrected chi connectivity index (χ4v) is 3.33. The summed E-state index contributed by atoms with van der Waals surface area (Å²) in [6.07, 6.45) is 0.378. The van der Waals surface area contributed by atoms with E-state index in [1.165, 1.54) is 23.3 Å². The van der Waals surface area contributed by atoms with Crippen LogP contribution in [-0.2, 0) is 16.1 Å². The van der Waals surface area contributed by atoms with Gasteiger partial charge in [-0.2, -0.15) is 0 Å². The van der Waals surface area contributed by atoms with E-state index >= 15 is 0 Å². The van der Waals surface area contributed by atoms with Gasteiger partial charge in [0.2, 0.25) is 11.8 Å². The second-order valence-corrected chi connectivity index (χ2v) is 6.53. The van der Waals surface area contributed by atoms with Crippen molar-refractivity contribution in [3.05, 3.63) is 48.0 Å². The molecule has 1 N–H and O–H groups in total. The van der Waals surface area contributed by atoms with Gasteiger partial charge in [0, 0.05) is 52.6 Å². The summed E-state index contributed by atoms with van der Waals surface area (Å²) in [6, 6.07) is 14.9. The van der Waals surface area contributed by atoms with Crippen molar-refractivity contribution in [3.8, 4) is 0 Å². The molecule has 1 heterocycles. The first kappa shape index (κ1) is 17.4. The number of nitrogens with zero attached hydrogens (tertiary/aromatic N) is 2. The number of carbonyl (C=O) groups excluding carboxylic acids is 2. The Morgan fingerprint density at radius 3 is 2.48 bits per heavy atom. The van der Waals surface area contributed by atoms with Crippen molar-refractivity contribution in [1.82, 2.24) is 15.1 Å². The average molecular weight is 339 g/mol. The third kappa shape index (κ3) is 4.57. The second kappa shape index (κ2) is 8.12. The van der Waals surface area contributed by atoms with Gasteiger partial charge in [-0.05, 0) is 16.3 Å². The van der Waals surface area contributed by atoms with Gasteiger partial charge in [-0.15, -0.1) is 0 Å². The van der Waals surface area contributed by atoms with E-state index in [1.54, 1.807) is 0 Å². The van der Waals surface area contributed by atoms with E-state index in [4.69, 9.17) is 0 Å². The molecule has 0 saturated carbocycles. The number of amides is 2. The number of hydrogen-bond acceptors (Lipinski definition) is 3. The number of carbonyl (C=O) groups is 2.